The molecule has 0 unspecified atom stereocenters. The maximum atomic E-state index is 12.3. The summed E-state index contributed by atoms with van der Waals surface area (Å²) < 4.78 is 5.22. The Morgan fingerprint density at radius 1 is 1.25 bits per heavy atom. The summed E-state index contributed by atoms with van der Waals surface area (Å²) in [5.74, 6) is 1.13. The van der Waals surface area contributed by atoms with Crippen LogP contribution in [0.3, 0.4) is 0 Å². The highest BCUT2D eigenvalue weighted by Gasteiger charge is 2.13. The predicted octanol–water partition coefficient (Wildman–Crippen LogP) is 3.70. The molecule has 5 nitrogen and oxygen atoms in total. The van der Waals surface area contributed by atoms with Crippen molar-refractivity contribution < 1.29 is 9.32 Å². The summed E-state index contributed by atoms with van der Waals surface area (Å²) >= 11 is 1.59. The van der Waals surface area contributed by atoms with Crippen molar-refractivity contribution in [3.63, 3.8) is 0 Å². The standard InChI is InChI=1S/C18H19N3O2S/c1-13-3-5-14(6-4-13)11-21(2)17(22)8-7-16-19-18(20-23-16)15-9-10-24-12-15/h3-6,9-10,12H,7-8,11H2,1-2H3. The van der Waals surface area contributed by atoms with Crippen molar-refractivity contribution >= 4 is 17.2 Å². The Hall–Kier alpha value is -2.47. The van der Waals surface area contributed by atoms with Gasteiger partial charge >= 0.3 is 0 Å². The molecule has 2 heterocycles. The first-order valence-corrected chi connectivity index (χ1v) is 8.71. The molecular formula is C18H19N3O2S. The number of aromatic nitrogens is 2. The van der Waals surface area contributed by atoms with Crippen molar-refractivity contribution in [2.45, 2.75) is 26.3 Å². The second-order valence-electron chi connectivity index (χ2n) is 5.76. The Morgan fingerprint density at radius 2 is 2.04 bits per heavy atom. The van der Waals surface area contributed by atoms with Gasteiger partial charge in [0, 0.05) is 37.4 Å². The highest BCUT2D eigenvalue weighted by atomic mass is 32.1. The number of aryl methyl sites for hydroxylation is 2. The third kappa shape index (κ3) is 4.08. The second-order valence-corrected chi connectivity index (χ2v) is 6.54. The molecule has 0 aliphatic heterocycles. The molecule has 0 aliphatic rings. The van der Waals surface area contributed by atoms with Crippen molar-refractivity contribution in [3.8, 4) is 11.4 Å². The molecule has 0 bridgehead atoms. The van der Waals surface area contributed by atoms with Crippen LogP contribution in [-0.4, -0.2) is 28.0 Å². The van der Waals surface area contributed by atoms with Crippen molar-refractivity contribution in [2.24, 2.45) is 0 Å². The van der Waals surface area contributed by atoms with Gasteiger partial charge in [0.15, 0.2) is 0 Å². The fourth-order valence-corrected chi connectivity index (χ4v) is 2.96. The fraction of sp³-hybridized carbons (Fsp3) is 0.278. The molecule has 0 atom stereocenters. The molecule has 0 saturated carbocycles. The monoisotopic (exact) mass is 341 g/mol. The van der Waals surface area contributed by atoms with Gasteiger partial charge in [-0.3, -0.25) is 4.79 Å². The first-order chi connectivity index (χ1) is 11.6. The van der Waals surface area contributed by atoms with E-state index in [1.807, 2.05) is 42.9 Å². The van der Waals surface area contributed by atoms with Crippen LogP contribution in [0.4, 0.5) is 0 Å². The first-order valence-electron chi connectivity index (χ1n) is 7.76. The van der Waals surface area contributed by atoms with Gasteiger partial charge in [0.2, 0.25) is 17.6 Å². The number of carbonyl (C=O) groups is 1. The first kappa shape index (κ1) is 16.4. The molecule has 0 aliphatic carbocycles. The zero-order chi connectivity index (χ0) is 16.9. The number of carbonyl (C=O) groups excluding carboxylic acids is 1. The molecule has 2 aromatic heterocycles. The van der Waals surface area contributed by atoms with E-state index in [0.29, 0.717) is 31.1 Å². The minimum Gasteiger partial charge on any atom is -0.341 e. The van der Waals surface area contributed by atoms with E-state index in [1.165, 1.54) is 5.56 Å². The Kier molecular flexibility index (Phi) is 5.05. The van der Waals surface area contributed by atoms with E-state index in [-0.39, 0.29) is 5.91 Å². The Labute approximate surface area is 144 Å². The molecule has 0 saturated heterocycles. The highest BCUT2D eigenvalue weighted by Crippen LogP contribution is 2.19. The van der Waals surface area contributed by atoms with Crippen LogP contribution in [-0.2, 0) is 17.8 Å². The number of rotatable bonds is 6. The average molecular weight is 341 g/mol. The summed E-state index contributed by atoms with van der Waals surface area (Å²) in [4.78, 5) is 18.3. The van der Waals surface area contributed by atoms with E-state index >= 15 is 0 Å². The van der Waals surface area contributed by atoms with Gasteiger partial charge in [-0.25, -0.2) is 0 Å². The van der Waals surface area contributed by atoms with E-state index in [1.54, 1.807) is 16.2 Å². The third-order valence-corrected chi connectivity index (χ3v) is 4.45. The molecule has 6 heteroatoms. The summed E-state index contributed by atoms with van der Waals surface area (Å²) in [6.07, 6.45) is 0.807. The summed E-state index contributed by atoms with van der Waals surface area (Å²) in [7, 11) is 1.81. The van der Waals surface area contributed by atoms with Crippen LogP contribution in [0.25, 0.3) is 11.4 Å². The summed E-state index contributed by atoms with van der Waals surface area (Å²) in [5, 5.41) is 7.89. The van der Waals surface area contributed by atoms with Crippen LogP contribution >= 0.6 is 11.3 Å². The maximum absolute atomic E-state index is 12.3. The lowest BCUT2D eigenvalue weighted by atomic mass is 10.1. The van der Waals surface area contributed by atoms with Gasteiger partial charge < -0.3 is 9.42 Å². The van der Waals surface area contributed by atoms with Gasteiger partial charge in [0.1, 0.15) is 0 Å². The van der Waals surface area contributed by atoms with Gasteiger partial charge in [-0.1, -0.05) is 35.0 Å². The molecule has 0 fully saturated rings. The molecule has 3 rings (SSSR count). The number of benzene rings is 1. The molecule has 0 radical (unpaired) electrons. The smallest absolute Gasteiger partial charge is 0.227 e. The van der Waals surface area contributed by atoms with E-state index in [2.05, 4.69) is 22.3 Å². The van der Waals surface area contributed by atoms with Crippen LogP contribution in [0, 0.1) is 6.92 Å². The minimum absolute atomic E-state index is 0.0610. The molecule has 1 amide bonds. The van der Waals surface area contributed by atoms with Crippen molar-refractivity contribution in [1.29, 1.82) is 0 Å². The Bertz CT molecular complexity index is 794. The number of nitrogens with zero attached hydrogens (tertiary/aromatic N) is 3. The van der Waals surface area contributed by atoms with E-state index in [4.69, 9.17) is 4.52 Å². The number of amides is 1. The molecular weight excluding hydrogens is 322 g/mol. The molecule has 0 spiro atoms. The maximum Gasteiger partial charge on any atom is 0.227 e. The average Bonchev–Trinajstić information content (AvgIpc) is 3.25. The SMILES string of the molecule is Cc1ccc(CN(C)C(=O)CCc2nc(-c3ccsc3)no2)cc1. The van der Waals surface area contributed by atoms with E-state index in [9.17, 15) is 4.79 Å². The lowest BCUT2D eigenvalue weighted by Gasteiger charge is -2.17. The van der Waals surface area contributed by atoms with Gasteiger partial charge in [-0.2, -0.15) is 16.3 Å². The zero-order valence-electron chi connectivity index (χ0n) is 13.7. The number of hydrogen-bond acceptors (Lipinski definition) is 5. The van der Waals surface area contributed by atoms with E-state index < -0.39 is 0 Å². The third-order valence-electron chi connectivity index (χ3n) is 3.77. The molecule has 0 N–H and O–H groups in total. The van der Waals surface area contributed by atoms with Crippen LogP contribution in [0.1, 0.15) is 23.4 Å². The molecule has 1 aromatic carbocycles. The lowest BCUT2D eigenvalue weighted by molar-refractivity contribution is -0.130. The van der Waals surface area contributed by atoms with E-state index in [0.717, 1.165) is 11.1 Å². The summed E-state index contributed by atoms with van der Waals surface area (Å²) in [6, 6.07) is 10.1. The predicted molar refractivity (Wildman–Crippen MR) is 93.6 cm³/mol. The van der Waals surface area contributed by atoms with Crippen LogP contribution in [0.2, 0.25) is 0 Å². The zero-order valence-corrected chi connectivity index (χ0v) is 14.5. The lowest BCUT2D eigenvalue weighted by Crippen LogP contribution is -2.26. The molecule has 124 valence electrons. The van der Waals surface area contributed by atoms with Crippen molar-refractivity contribution in [2.75, 3.05) is 7.05 Å². The number of hydrogen-bond donors (Lipinski definition) is 0. The fourth-order valence-electron chi connectivity index (χ4n) is 2.33. The van der Waals surface area contributed by atoms with Crippen LogP contribution in [0.15, 0.2) is 45.6 Å². The Morgan fingerprint density at radius 3 is 2.75 bits per heavy atom. The Balaban J connectivity index is 1.52. The van der Waals surface area contributed by atoms with Gasteiger partial charge in [-0.15, -0.1) is 0 Å². The van der Waals surface area contributed by atoms with Crippen LogP contribution < -0.4 is 0 Å². The normalized spacial score (nSPS) is 10.8. The van der Waals surface area contributed by atoms with Crippen molar-refractivity contribution in [1.82, 2.24) is 15.0 Å². The molecule has 3 aromatic rings. The van der Waals surface area contributed by atoms with Crippen molar-refractivity contribution in [3.05, 3.63) is 58.1 Å². The topological polar surface area (TPSA) is 59.2 Å². The molecule has 24 heavy (non-hydrogen) atoms. The quantitative estimate of drug-likeness (QED) is 0.686. The minimum atomic E-state index is 0.0610. The van der Waals surface area contributed by atoms with Crippen LogP contribution in [0.5, 0.6) is 0 Å². The summed E-state index contributed by atoms with van der Waals surface area (Å²) in [6.45, 7) is 2.65. The summed E-state index contributed by atoms with van der Waals surface area (Å²) in [5.41, 5.74) is 3.28. The largest absolute Gasteiger partial charge is 0.341 e. The number of thiophene rings is 1. The van der Waals surface area contributed by atoms with Gasteiger partial charge in [0.25, 0.3) is 0 Å². The van der Waals surface area contributed by atoms with Gasteiger partial charge in [-0.05, 0) is 23.9 Å². The highest BCUT2D eigenvalue weighted by molar-refractivity contribution is 7.08. The second kappa shape index (κ2) is 7.40. The van der Waals surface area contributed by atoms with Gasteiger partial charge in [0.05, 0.1) is 0 Å².